The topological polar surface area (TPSA) is 76.1 Å². The number of aliphatic carboxylic acids is 1. The Labute approximate surface area is 115 Å². The number of fused-ring (bicyclic) bond motifs is 1. The number of thioether (sulfide) groups is 1. The lowest BCUT2D eigenvalue weighted by Crippen LogP contribution is -2.48. The molecule has 0 radical (unpaired) electrons. The molecule has 2 atom stereocenters. The molecule has 2 heterocycles. The van der Waals surface area contributed by atoms with E-state index in [2.05, 4.69) is 0 Å². The number of carboxylic acids is 1. The highest BCUT2D eigenvalue weighted by atomic mass is 32.2. The molecule has 19 heavy (non-hydrogen) atoms. The van der Waals surface area contributed by atoms with E-state index in [1.165, 1.54) is 16.7 Å². The summed E-state index contributed by atoms with van der Waals surface area (Å²) in [6.45, 7) is 4.64. The molecule has 0 bridgehead atoms. The second kappa shape index (κ2) is 5.94. The van der Waals surface area contributed by atoms with Gasteiger partial charge in [0.15, 0.2) is 6.29 Å². The second-order valence-electron chi connectivity index (χ2n) is 4.26. The van der Waals surface area contributed by atoms with Crippen molar-refractivity contribution < 1.29 is 24.2 Å². The van der Waals surface area contributed by atoms with Crippen LogP contribution in [0.3, 0.4) is 0 Å². The van der Waals surface area contributed by atoms with Crippen LogP contribution >= 0.6 is 11.8 Å². The number of nitrogens with zero attached hydrogens (tertiary/aromatic N) is 1. The lowest BCUT2D eigenvalue weighted by molar-refractivity contribution is -0.145. The fourth-order valence-electron chi connectivity index (χ4n) is 2.10. The molecular weight excluding hydrogens is 270 g/mol. The highest BCUT2D eigenvalue weighted by Crippen LogP contribution is 2.47. The molecule has 2 aliphatic rings. The van der Waals surface area contributed by atoms with E-state index >= 15 is 0 Å². The van der Waals surface area contributed by atoms with E-state index in [0.717, 1.165) is 0 Å². The first kappa shape index (κ1) is 14.4. The summed E-state index contributed by atoms with van der Waals surface area (Å²) in [6, 6.07) is 0. The highest BCUT2D eigenvalue weighted by Gasteiger charge is 2.48. The normalized spacial score (nSPS) is 23.4. The number of ether oxygens (including phenoxy) is 2. The standard InChI is InChI=1S/C12H17NO5S/c1-3-17-7(2)18-5-4-8-11(12(15)16)13-9(14)6-10(13)19-8/h7,10H,3-6H2,1-2H3,(H,15,16)/t7?,10-/m1/s1. The van der Waals surface area contributed by atoms with Crippen molar-refractivity contribution >= 4 is 23.6 Å². The van der Waals surface area contributed by atoms with E-state index in [9.17, 15) is 14.7 Å². The van der Waals surface area contributed by atoms with Crippen LogP contribution < -0.4 is 0 Å². The first-order valence-electron chi connectivity index (χ1n) is 6.23. The molecule has 1 unspecified atom stereocenters. The predicted molar refractivity (Wildman–Crippen MR) is 69.2 cm³/mol. The second-order valence-corrected chi connectivity index (χ2v) is 5.53. The number of carbonyl (C=O) groups is 2. The van der Waals surface area contributed by atoms with Gasteiger partial charge >= 0.3 is 5.97 Å². The molecule has 0 aliphatic carbocycles. The number of β-lactam (4-membered cyclic amide) rings is 1. The Balaban J connectivity index is 1.92. The van der Waals surface area contributed by atoms with Crippen LogP contribution in [0.5, 0.6) is 0 Å². The van der Waals surface area contributed by atoms with Gasteiger partial charge < -0.3 is 14.6 Å². The minimum Gasteiger partial charge on any atom is -0.477 e. The molecule has 2 rings (SSSR count). The minimum absolute atomic E-state index is 0.0297. The Morgan fingerprint density at radius 1 is 1.58 bits per heavy atom. The molecule has 1 saturated heterocycles. The van der Waals surface area contributed by atoms with Gasteiger partial charge in [-0.3, -0.25) is 9.69 Å². The van der Waals surface area contributed by atoms with Gasteiger partial charge in [-0.1, -0.05) is 0 Å². The van der Waals surface area contributed by atoms with Crippen molar-refractivity contribution in [1.82, 2.24) is 4.90 Å². The van der Waals surface area contributed by atoms with Crippen molar-refractivity contribution in [3.05, 3.63) is 10.6 Å². The Bertz CT molecular complexity index is 422. The zero-order valence-corrected chi connectivity index (χ0v) is 11.7. The number of carboxylic acid groups (broad SMARTS) is 1. The summed E-state index contributed by atoms with van der Waals surface area (Å²) in [5, 5.41) is 9.16. The maximum Gasteiger partial charge on any atom is 0.353 e. The lowest BCUT2D eigenvalue weighted by atomic mass is 10.1. The number of amides is 1. The van der Waals surface area contributed by atoms with Crippen LogP contribution in [-0.2, 0) is 19.1 Å². The Hall–Kier alpha value is -1.05. The van der Waals surface area contributed by atoms with Crippen LogP contribution in [0.2, 0.25) is 0 Å². The van der Waals surface area contributed by atoms with Crippen molar-refractivity contribution in [3.8, 4) is 0 Å². The molecule has 6 nitrogen and oxygen atoms in total. The SMILES string of the molecule is CCOC(C)OCCC1=C(C(=O)O)N2C(=O)C[C@H]2S1. The third kappa shape index (κ3) is 2.93. The molecule has 1 amide bonds. The van der Waals surface area contributed by atoms with Gasteiger partial charge in [0.1, 0.15) is 5.70 Å². The van der Waals surface area contributed by atoms with Crippen molar-refractivity contribution in [2.45, 2.75) is 38.4 Å². The fraction of sp³-hybridized carbons (Fsp3) is 0.667. The number of carbonyl (C=O) groups excluding carboxylic acids is 1. The van der Waals surface area contributed by atoms with E-state index in [0.29, 0.717) is 31.0 Å². The molecule has 0 spiro atoms. The quantitative estimate of drug-likeness (QED) is 0.563. The number of hydrogen-bond acceptors (Lipinski definition) is 5. The molecule has 1 N–H and O–H groups in total. The van der Waals surface area contributed by atoms with Crippen molar-refractivity contribution in [3.63, 3.8) is 0 Å². The molecular formula is C12H17NO5S. The van der Waals surface area contributed by atoms with Crippen LogP contribution in [0, 0.1) is 0 Å². The third-order valence-corrected chi connectivity index (χ3v) is 4.31. The summed E-state index contributed by atoms with van der Waals surface area (Å²) < 4.78 is 10.7. The van der Waals surface area contributed by atoms with Crippen molar-refractivity contribution in [2.24, 2.45) is 0 Å². The van der Waals surface area contributed by atoms with Gasteiger partial charge in [0, 0.05) is 17.9 Å². The average molecular weight is 287 g/mol. The van der Waals surface area contributed by atoms with Gasteiger partial charge in [0.05, 0.1) is 18.4 Å². The minimum atomic E-state index is -1.05. The van der Waals surface area contributed by atoms with Crippen LogP contribution in [0.15, 0.2) is 10.6 Å². The molecule has 1 fully saturated rings. The summed E-state index contributed by atoms with van der Waals surface area (Å²) in [5.41, 5.74) is 0.124. The summed E-state index contributed by atoms with van der Waals surface area (Å²) >= 11 is 1.45. The summed E-state index contributed by atoms with van der Waals surface area (Å²) in [6.07, 6.45) is 0.606. The van der Waals surface area contributed by atoms with Gasteiger partial charge in [-0.05, 0) is 13.8 Å². The fourth-order valence-corrected chi connectivity index (χ4v) is 3.49. The van der Waals surface area contributed by atoms with E-state index in [-0.39, 0.29) is 23.3 Å². The van der Waals surface area contributed by atoms with Crippen molar-refractivity contribution in [1.29, 1.82) is 0 Å². The third-order valence-electron chi connectivity index (χ3n) is 2.97. The van der Waals surface area contributed by atoms with Gasteiger partial charge in [-0.25, -0.2) is 4.79 Å². The maximum absolute atomic E-state index is 11.4. The summed E-state index contributed by atoms with van der Waals surface area (Å²) in [4.78, 5) is 24.7. The van der Waals surface area contributed by atoms with Gasteiger partial charge in [0.25, 0.3) is 0 Å². The first-order valence-corrected chi connectivity index (χ1v) is 7.11. The maximum atomic E-state index is 11.4. The van der Waals surface area contributed by atoms with Gasteiger partial charge in [-0.2, -0.15) is 0 Å². The molecule has 0 aromatic carbocycles. The average Bonchev–Trinajstić information content (AvgIpc) is 2.62. The number of hydrogen-bond donors (Lipinski definition) is 1. The predicted octanol–water partition coefficient (Wildman–Crippen LogP) is 1.38. The largest absolute Gasteiger partial charge is 0.477 e. The van der Waals surface area contributed by atoms with Crippen LogP contribution in [-0.4, -0.2) is 46.8 Å². The number of rotatable bonds is 7. The summed E-state index contributed by atoms with van der Waals surface area (Å²) in [7, 11) is 0. The molecule has 0 aromatic heterocycles. The van der Waals surface area contributed by atoms with Gasteiger partial charge in [0.2, 0.25) is 5.91 Å². The zero-order chi connectivity index (χ0) is 14.0. The monoisotopic (exact) mass is 287 g/mol. The highest BCUT2D eigenvalue weighted by molar-refractivity contribution is 8.04. The van der Waals surface area contributed by atoms with E-state index in [1.807, 2.05) is 6.92 Å². The van der Waals surface area contributed by atoms with Crippen LogP contribution in [0.1, 0.15) is 26.7 Å². The smallest absolute Gasteiger partial charge is 0.353 e. The van der Waals surface area contributed by atoms with Gasteiger partial charge in [-0.15, -0.1) is 11.8 Å². The summed E-state index contributed by atoms with van der Waals surface area (Å²) in [5.74, 6) is -1.16. The molecule has 0 saturated carbocycles. The van der Waals surface area contributed by atoms with Crippen LogP contribution in [0.25, 0.3) is 0 Å². The molecule has 7 heteroatoms. The first-order chi connectivity index (χ1) is 9.04. The zero-order valence-electron chi connectivity index (χ0n) is 10.9. The van der Waals surface area contributed by atoms with Crippen LogP contribution in [0.4, 0.5) is 0 Å². The molecule has 2 aliphatic heterocycles. The lowest BCUT2D eigenvalue weighted by Gasteiger charge is -2.33. The molecule has 106 valence electrons. The van der Waals surface area contributed by atoms with Crippen molar-refractivity contribution in [2.75, 3.05) is 13.2 Å². The van der Waals surface area contributed by atoms with E-state index in [4.69, 9.17) is 9.47 Å². The Morgan fingerprint density at radius 2 is 2.32 bits per heavy atom. The van der Waals surface area contributed by atoms with E-state index < -0.39 is 5.97 Å². The van der Waals surface area contributed by atoms with E-state index in [1.54, 1.807) is 6.92 Å². The Kier molecular flexibility index (Phi) is 4.49. The Morgan fingerprint density at radius 3 is 2.89 bits per heavy atom. The molecule has 0 aromatic rings.